The highest BCUT2D eigenvalue weighted by Gasteiger charge is 2.36. The summed E-state index contributed by atoms with van der Waals surface area (Å²) in [7, 11) is 0. The van der Waals surface area contributed by atoms with E-state index in [0.29, 0.717) is 29.2 Å². The van der Waals surface area contributed by atoms with Gasteiger partial charge in [-0.05, 0) is 90.1 Å². The summed E-state index contributed by atoms with van der Waals surface area (Å²) >= 11 is 0. The fraction of sp³-hybridized carbons (Fsp3) is 0.351. The van der Waals surface area contributed by atoms with Crippen LogP contribution in [0.4, 0.5) is 30.7 Å². The zero-order valence-electron chi connectivity index (χ0n) is 25.4. The Morgan fingerprint density at radius 1 is 0.652 bits per heavy atom. The molecule has 46 heavy (non-hydrogen) atoms. The molecule has 0 unspecified atom stereocenters. The van der Waals surface area contributed by atoms with Gasteiger partial charge in [0.05, 0.1) is 5.56 Å². The van der Waals surface area contributed by atoms with Gasteiger partial charge in [-0.3, -0.25) is 0 Å². The maximum Gasteiger partial charge on any atom is 0.573 e. The summed E-state index contributed by atoms with van der Waals surface area (Å²) in [4.78, 5) is 0. The molecular weight excluding hydrogens is 609 g/mol. The first-order valence-electron chi connectivity index (χ1n) is 15.5. The van der Waals surface area contributed by atoms with Crippen molar-refractivity contribution in [1.82, 2.24) is 0 Å². The van der Waals surface area contributed by atoms with Crippen LogP contribution >= 0.6 is 0 Å². The monoisotopic (exact) mass is 644 g/mol. The molecule has 0 heterocycles. The molecule has 1 aliphatic carbocycles. The Bertz CT molecular complexity index is 1590. The Morgan fingerprint density at radius 3 is 1.91 bits per heavy atom. The van der Waals surface area contributed by atoms with Gasteiger partial charge in [0, 0.05) is 11.6 Å². The standard InChI is InChI=1S/C37H35F7O2/c1-2-3-4-5-24-6-8-25(9-7-24)26-10-12-27(13-11-26)29-16-20-32(33(38)22-29)28-14-17-30(18-15-28)36(40,41)45-31-19-21-35(34(39)23-31)46-37(42,43)44/h10-25H,2-9H2,1H3. The molecule has 0 N–H and O–H groups in total. The van der Waals surface area contributed by atoms with Gasteiger partial charge in [0.2, 0.25) is 0 Å². The molecule has 0 aliphatic heterocycles. The molecule has 0 saturated heterocycles. The van der Waals surface area contributed by atoms with Crippen molar-refractivity contribution in [2.75, 3.05) is 0 Å². The molecule has 9 heteroatoms. The average Bonchev–Trinajstić information content (AvgIpc) is 3.02. The van der Waals surface area contributed by atoms with Crippen LogP contribution < -0.4 is 9.47 Å². The molecule has 0 bridgehead atoms. The molecule has 4 aromatic carbocycles. The van der Waals surface area contributed by atoms with E-state index < -0.39 is 41.2 Å². The van der Waals surface area contributed by atoms with E-state index in [4.69, 9.17) is 0 Å². The Morgan fingerprint density at radius 2 is 1.30 bits per heavy atom. The lowest BCUT2D eigenvalue weighted by Gasteiger charge is -2.29. The highest BCUT2D eigenvalue weighted by Crippen LogP contribution is 2.39. The predicted octanol–water partition coefficient (Wildman–Crippen LogP) is 12.2. The molecule has 0 aromatic heterocycles. The lowest BCUT2D eigenvalue weighted by Crippen LogP contribution is -2.22. The summed E-state index contributed by atoms with van der Waals surface area (Å²) in [6.45, 7) is 2.23. The fourth-order valence-corrected chi connectivity index (χ4v) is 6.15. The van der Waals surface area contributed by atoms with Gasteiger partial charge >= 0.3 is 12.5 Å². The summed E-state index contributed by atoms with van der Waals surface area (Å²) in [5, 5.41) is 0. The van der Waals surface area contributed by atoms with E-state index in [2.05, 4.69) is 28.5 Å². The van der Waals surface area contributed by atoms with Crippen molar-refractivity contribution in [1.29, 1.82) is 0 Å². The first-order valence-corrected chi connectivity index (χ1v) is 15.5. The largest absolute Gasteiger partial charge is 0.573 e. The van der Waals surface area contributed by atoms with Crippen LogP contribution in [0, 0.1) is 17.6 Å². The van der Waals surface area contributed by atoms with E-state index in [0.717, 1.165) is 29.7 Å². The van der Waals surface area contributed by atoms with Crippen molar-refractivity contribution in [3.63, 3.8) is 0 Å². The van der Waals surface area contributed by atoms with E-state index in [1.54, 1.807) is 12.1 Å². The second kappa shape index (κ2) is 14.2. The van der Waals surface area contributed by atoms with E-state index in [1.807, 2.05) is 12.1 Å². The van der Waals surface area contributed by atoms with Crippen molar-refractivity contribution in [3.8, 4) is 33.8 Å². The molecule has 4 aromatic rings. The van der Waals surface area contributed by atoms with Gasteiger partial charge in [0.1, 0.15) is 11.6 Å². The van der Waals surface area contributed by atoms with Crippen LogP contribution in [0.5, 0.6) is 11.5 Å². The van der Waals surface area contributed by atoms with Gasteiger partial charge < -0.3 is 9.47 Å². The Hall–Kier alpha value is -4.01. The van der Waals surface area contributed by atoms with E-state index in [-0.39, 0.29) is 5.56 Å². The van der Waals surface area contributed by atoms with Crippen LogP contribution in [-0.2, 0) is 6.11 Å². The lowest BCUT2D eigenvalue weighted by atomic mass is 9.77. The summed E-state index contributed by atoms with van der Waals surface area (Å²) in [6.07, 6.45) is 1.05. The Labute approximate surface area is 264 Å². The highest BCUT2D eigenvalue weighted by molar-refractivity contribution is 5.71. The third kappa shape index (κ3) is 8.42. The van der Waals surface area contributed by atoms with Crippen LogP contribution in [0.1, 0.15) is 75.3 Å². The molecule has 1 saturated carbocycles. The molecule has 0 spiro atoms. The average molecular weight is 645 g/mol. The first kappa shape index (κ1) is 33.4. The SMILES string of the molecule is CCCCCC1CCC(c2ccc(-c3ccc(-c4ccc(C(F)(F)Oc5ccc(OC(F)(F)F)c(F)c5)cc4)c(F)c3)cc2)CC1. The lowest BCUT2D eigenvalue weighted by molar-refractivity contribution is -0.275. The molecule has 244 valence electrons. The first-order chi connectivity index (χ1) is 21.9. The van der Waals surface area contributed by atoms with Crippen LogP contribution in [0.15, 0.2) is 84.9 Å². The second-order valence-electron chi connectivity index (χ2n) is 11.9. The van der Waals surface area contributed by atoms with Gasteiger partial charge in [-0.2, -0.15) is 8.78 Å². The number of rotatable bonds is 11. The number of ether oxygens (including phenoxy) is 2. The second-order valence-corrected chi connectivity index (χ2v) is 11.9. The maximum absolute atomic E-state index is 15.2. The normalized spacial score (nSPS) is 17.1. The van der Waals surface area contributed by atoms with Crippen LogP contribution in [0.2, 0.25) is 0 Å². The van der Waals surface area contributed by atoms with E-state index in [1.165, 1.54) is 75.1 Å². The number of halogens is 7. The van der Waals surface area contributed by atoms with Crippen LogP contribution in [0.3, 0.4) is 0 Å². The minimum Gasteiger partial charge on any atom is -0.429 e. The fourth-order valence-electron chi connectivity index (χ4n) is 6.15. The summed E-state index contributed by atoms with van der Waals surface area (Å²) < 4.78 is 104. The van der Waals surface area contributed by atoms with Crippen molar-refractivity contribution in [2.45, 2.75) is 76.7 Å². The maximum atomic E-state index is 15.2. The minimum absolute atomic E-state index is 0.217. The number of alkyl halides is 5. The minimum atomic E-state index is -5.15. The summed E-state index contributed by atoms with van der Waals surface area (Å²) in [5.41, 5.74) is 2.84. The quantitative estimate of drug-likeness (QED) is 0.119. The van der Waals surface area contributed by atoms with E-state index in [9.17, 15) is 26.3 Å². The van der Waals surface area contributed by atoms with Gasteiger partial charge in [0.15, 0.2) is 11.6 Å². The number of unbranched alkanes of at least 4 members (excludes halogenated alkanes) is 2. The molecule has 1 fully saturated rings. The summed E-state index contributed by atoms with van der Waals surface area (Å²) in [5.74, 6) is -2.53. The topological polar surface area (TPSA) is 18.5 Å². The zero-order valence-corrected chi connectivity index (χ0v) is 25.4. The molecule has 0 atom stereocenters. The van der Waals surface area contributed by atoms with Crippen molar-refractivity contribution >= 4 is 0 Å². The van der Waals surface area contributed by atoms with Crippen molar-refractivity contribution < 1.29 is 40.2 Å². The highest BCUT2D eigenvalue weighted by atomic mass is 19.4. The Balaban J connectivity index is 1.21. The molecular formula is C37H35F7O2. The number of hydrogen-bond acceptors (Lipinski definition) is 2. The van der Waals surface area contributed by atoms with Crippen molar-refractivity contribution in [3.05, 3.63) is 108 Å². The van der Waals surface area contributed by atoms with Gasteiger partial charge in [-0.1, -0.05) is 81.1 Å². The van der Waals surface area contributed by atoms with Gasteiger partial charge in [0.25, 0.3) is 0 Å². The van der Waals surface area contributed by atoms with Crippen LogP contribution in [0.25, 0.3) is 22.3 Å². The zero-order chi connectivity index (χ0) is 32.9. The smallest absolute Gasteiger partial charge is 0.429 e. The Kier molecular flexibility index (Phi) is 10.3. The van der Waals surface area contributed by atoms with Gasteiger partial charge in [-0.15, -0.1) is 13.2 Å². The molecule has 5 rings (SSSR count). The molecule has 2 nitrogen and oxygen atoms in total. The van der Waals surface area contributed by atoms with E-state index >= 15 is 4.39 Å². The third-order valence-electron chi connectivity index (χ3n) is 8.65. The van der Waals surface area contributed by atoms with Crippen molar-refractivity contribution in [2.24, 2.45) is 5.92 Å². The molecule has 0 amide bonds. The molecule has 1 aliphatic rings. The number of hydrogen-bond donors (Lipinski definition) is 0. The molecule has 0 radical (unpaired) electrons. The van der Waals surface area contributed by atoms with Gasteiger partial charge in [-0.25, -0.2) is 8.78 Å². The number of benzene rings is 4. The third-order valence-corrected chi connectivity index (χ3v) is 8.65. The van der Waals surface area contributed by atoms with Crippen LogP contribution in [-0.4, -0.2) is 6.36 Å². The predicted molar refractivity (Wildman–Crippen MR) is 164 cm³/mol. The summed E-state index contributed by atoms with van der Waals surface area (Å²) in [6, 6.07) is 19.4.